The number of benzene rings is 2. The Morgan fingerprint density at radius 3 is 2.57 bits per heavy atom. The lowest BCUT2D eigenvalue weighted by Crippen LogP contribution is -2.13. The number of pyridine rings is 1. The molecule has 0 unspecified atom stereocenters. The number of rotatable bonds is 8. The van der Waals surface area contributed by atoms with Crippen molar-refractivity contribution >= 4 is 17.6 Å². The van der Waals surface area contributed by atoms with Gasteiger partial charge in [-0.15, -0.1) is 0 Å². The predicted octanol–water partition coefficient (Wildman–Crippen LogP) is 4.07. The average Bonchev–Trinajstić information content (AvgIpc) is 2.78. The molecule has 3 rings (SSSR count). The number of nitrogens with zero attached hydrogens (tertiary/aromatic N) is 1. The van der Waals surface area contributed by atoms with E-state index < -0.39 is 0 Å². The van der Waals surface area contributed by atoms with Crippen molar-refractivity contribution in [3.05, 3.63) is 83.7 Å². The second kappa shape index (κ2) is 10.3. The van der Waals surface area contributed by atoms with Crippen molar-refractivity contribution in [2.75, 3.05) is 18.5 Å². The molecule has 1 aromatic heterocycles. The molecule has 3 N–H and O–H groups in total. The number of esters is 1. The van der Waals surface area contributed by atoms with Gasteiger partial charge in [-0.3, -0.25) is 9.78 Å². The summed E-state index contributed by atoms with van der Waals surface area (Å²) in [6, 6.07) is 16.2. The molecule has 154 valence electrons. The number of aromatic nitrogens is 1. The Hall–Kier alpha value is -3.51. The summed E-state index contributed by atoms with van der Waals surface area (Å²) < 4.78 is 5.25. The lowest BCUT2D eigenvalue weighted by molar-refractivity contribution is 0.0505. The number of carbonyl (C=O) groups is 2. The van der Waals surface area contributed by atoms with Gasteiger partial charge in [-0.1, -0.05) is 25.1 Å². The fraction of sp³-hybridized carbons (Fsp3) is 0.208. The van der Waals surface area contributed by atoms with Crippen molar-refractivity contribution in [2.24, 2.45) is 5.73 Å². The molecule has 1 amide bonds. The molecule has 0 saturated carbocycles. The molecule has 0 aliphatic carbocycles. The molecule has 0 saturated heterocycles. The lowest BCUT2D eigenvalue weighted by atomic mass is 9.94. The second-order valence-corrected chi connectivity index (χ2v) is 6.82. The van der Waals surface area contributed by atoms with Crippen LogP contribution < -0.4 is 11.1 Å². The maximum absolute atomic E-state index is 12.7. The number of amides is 1. The molecule has 3 aromatic rings. The number of nitrogens with one attached hydrogen (secondary N) is 1. The Balaban J connectivity index is 1.93. The zero-order valence-electron chi connectivity index (χ0n) is 16.9. The quantitative estimate of drug-likeness (QED) is 0.553. The van der Waals surface area contributed by atoms with E-state index in [1.54, 1.807) is 42.7 Å². The molecule has 6 heteroatoms. The molecular formula is C24H25N3O3. The third-order valence-electron chi connectivity index (χ3n) is 4.57. The molecule has 0 radical (unpaired) electrons. The Labute approximate surface area is 176 Å². The van der Waals surface area contributed by atoms with Crippen LogP contribution in [0.2, 0.25) is 0 Å². The second-order valence-electron chi connectivity index (χ2n) is 6.82. The summed E-state index contributed by atoms with van der Waals surface area (Å²) in [5.41, 5.74) is 10.2. The van der Waals surface area contributed by atoms with Crippen LogP contribution in [0.1, 0.15) is 39.6 Å². The van der Waals surface area contributed by atoms with Crippen molar-refractivity contribution in [2.45, 2.75) is 19.8 Å². The summed E-state index contributed by atoms with van der Waals surface area (Å²) >= 11 is 0. The minimum absolute atomic E-state index is 0.222. The van der Waals surface area contributed by atoms with E-state index in [4.69, 9.17) is 10.5 Å². The molecule has 1 heterocycles. The predicted molar refractivity (Wildman–Crippen MR) is 117 cm³/mol. The minimum Gasteiger partial charge on any atom is -0.462 e. The highest BCUT2D eigenvalue weighted by Gasteiger charge is 2.14. The van der Waals surface area contributed by atoms with E-state index in [0.717, 1.165) is 23.1 Å². The molecule has 0 aliphatic rings. The van der Waals surface area contributed by atoms with Gasteiger partial charge in [0.1, 0.15) is 0 Å². The number of hydrogen-bond donors (Lipinski definition) is 2. The topological polar surface area (TPSA) is 94.3 Å². The van der Waals surface area contributed by atoms with Crippen LogP contribution in [0.4, 0.5) is 5.69 Å². The van der Waals surface area contributed by atoms with Crippen LogP contribution >= 0.6 is 0 Å². The first-order valence-corrected chi connectivity index (χ1v) is 9.94. The smallest absolute Gasteiger partial charge is 0.338 e. The highest BCUT2D eigenvalue weighted by Crippen LogP contribution is 2.27. The van der Waals surface area contributed by atoms with Crippen molar-refractivity contribution < 1.29 is 14.3 Å². The first kappa shape index (κ1) is 21.2. The standard InChI is InChI=1S/C24H25N3O3/c1-2-14-30-24(29)20-5-3-4-18(15-20)22-16-19(7-6-17(22)8-11-25)23(28)27-21-9-12-26-13-10-21/h3-7,9-10,12-13,15-16H,2,8,11,14,25H2,1H3,(H,26,27,28). The van der Waals surface area contributed by atoms with Gasteiger partial charge in [0.25, 0.3) is 5.91 Å². The fourth-order valence-electron chi connectivity index (χ4n) is 3.09. The number of carbonyl (C=O) groups excluding carboxylic acids is 2. The van der Waals surface area contributed by atoms with Gasteiger partial charge in [-0.05, 0) is 72.5 Å². The first-order valence-electron chi connectivity index (χ1n) is 9.94. The SMILES string of the molecule is CCCOC(=O)c1cccc(-c2cc(C(=O)Nc3ccncc3)ccc2CCN)c1. The summed E-state index contributed by atoms with van der Waals surface area (Å²) in [6.07, 6.45) is 4.66. The van der Waals surface area contributed by atoms with Crippen LogP contribution in [0.25, 0.3) is 11.1 Å². The van der Waals surface area contributed by atoms with Gasteiger partial charge in [0.2, 0.25) is 0 Å². The van der Waals surface area contributed by atoms with Crippen molar-refractivity contribution in [3.63, 3.8) is 0 Å². The molecular weight excluding hydrogens is 378 g/mol. The maximum Gasteiger partial charge on any atom is 0.338 e. The number of ether oxygens (including phenoxy) is 1. The van der Waals surface area contributed by atoms with E-state index in [0.29, 0.717) is 36.4 Å². The van der Waals surface area contributed by atoms with Crippen molar-refractivity contribution in [1.82, 2.24) is 4.98 Å². The van der Waals surface area contributed by atoms with Gasteiger partial charge >= 0.3 is 5.97 Å². The maximum atomic E-state index is 12.7. The van der Waals surface area contributed by atoms with E-state index in [-0.39, 0.29) is 11.9 Å². The summed E-state index contributed by atoms with van der Waals surface area (Å²) in [5, 5.41) is 2.86. The third kappa shape index (κ3) is 5.30. The number of nitrogens with two attached hydrogens (primary N) is 1. The van der Waals surface area contributed by atoms with Crippen LogP contribution in [0.15, 0.2) is 67.0 Å². The van der Waals surface area contributed by atoms with Crippen LogP contribution in [-0.4, -0.2) is 30.0 Å². The highest BCUT2D eigenvalue weighted by atomic mass is 16.5. The van der Waals surface area contributed by atoms with Crippen molar-refractivity contribution in [3.8, 4) is 11.1 Å². The molecule has 30 heavy (non-hydrogen) atoms. The fourth-order valence-corrected chi connectivity index (χ4v) is 3.09. The summed E-state index contributed by atoms with van der Waals surface area (Å²) in [7, 11) is 0. The molecule has 2 aromatic carbocycles. The Morgan fingerprint density at radius 1 is 1.03 bits per heavy atom. The summed E-state index contributed by atoms with van der Waals surface area (Å²) in [5.74, 6) is -0.578. The van der Waals surface area contributed by atoms with Crippen molar-refractivity contribution in [1.29, 1.82) is 0 Å². The average molecular weight is 403 g/mol. The molecule has 0 atom stereocenters. The van der Waals surface area contributed by atoms with Gasteiger partial charge in [-0.2, -0.15) is 0 Å². The normalized spacial score (nSPS) is 10.5. The summed E-state index contributed by atoms with van der Waals surface area (Å²) in [6.45, 7) is 2.81. The van der Waals surface area contributed by atoms with Gasteiger partial charge in [-0.25, -0.2) is 4.79 Å². The Morgan fingerprint density at radius 2 is 1.83 bits per heavy atom. The Bertz CT molecular complexity index is 1020. The number of anilines is 1. The molecule has 0 fully saturated rings. The van der Waals surface area contributed by atoms with Crippen LogP contribution in [0, 0.1) is 0 Å². The van der Waals surface area contributed by atoms with E-state index in [9.17, 15) is 9.59 Å². The minimum atomic E-state index is -0.356. The van der Waals surface area contributed by atoms with Crippen LogP contribution in [0.3, 0.4) is 0 Å². The van der Waals surface area contributed by atoms with Gasteiger partial charge in [0.05, 0.1) is 12.2 Å². The third-order valence-corrected chi connectivity index (χ3v) is 4.57. The van der Waals surface area contributed by atoms with E-state index in [2.05, 4.69) is 10.3 Å². The molecule has 6 nitrogen and oxygen atoms in total. The van der Waals surface area contributed by atoms with E-state index in [1.165, 1.54) is 0 Å². The largest absolute Gasteiger partial charge is 0.462 e. The Kier molecular flexibility index (Phi) is 7.29. The molecule has 0 aliphatic heterocycles. The van der Waals surface area contributed by atoms with E-state index in [1.807, 2.05) is 31.2 Å². The monoisotopic (exact) mass is 403 g/mol. The van der Waals surface area contributed by atoms with Crippen LogP contribution in [0.5, 0.6) is 0 Å². The number of hydrogen-bond acceptors (Lipinski definition) is 5. The van der Waals surface area contributed by atoms with Gasteiger partial charge in [0.15, 0.2) is 0 Å². The molecule has 0 spiro atoms. The first-order chi connectivity index (χ1) is 14.6. The highest BCUT2D eigenvalue weighted by molar-refractivity contribution is 6.05. The van der Waals surface area contributed by atoms with Gasteiger partial charge in [0, 0.05) is 23.6 Å². The summed E-state index contributed by atoms with van der Waals surface area (Å²) in [4.78, 5) is 28.9. The van der Waals surface area contributed by atoms with Crippen LogP contribution in [-0.2, 0) is 11.2 Å². The van der Waals surface area contributed by atoms with E-state index >= 15 is 0 Å². The zero-order chi connectivity index (χ0) is 21.3. The van der Waals surface area contributed by atoms with Gasteiger partial charge < -0.3 is 15.8 Å². The molecule has 0 bridgehead atoms. The lowest BCUT2D eigenvalue weighted by Gasteiger charge is -2.13. The zero-order valence-corrected chi connectivity index (χ0v) is 16.9.